The van der Waals surface area contributed by atoms with Crippen molar-refractivity contribution in [3.05, 3.63) is 35.4 Å². The van der Waals surface area contributed by atoms with E-state index in [4.69, 9.17) is 9.47 Å². The third-order valence-electron chi connectivity index (χ3n) is 4.98. The predicted octanol–water partition coefficient (Wildman–Crippen LogP) is 4.66. The molecule has 8 nitrogen and oxygen atoms in total. The molecular weight excluding hydrogens is 422 g/mol. The largest absolute Gasteiger partial charge is 0.443 e. The van der Waals surface area contributed by atoms with E-state index in [1.165, 1.54) is 0 Å². The summed E-state index contributed by atoms with van der Waals surface area (Å²) in [7, 11) is -4.41. The van der Waals surface area contributed by atoms with Gasteiger partial charge in [-0.3, -0.25) is 4.55 Å². The Balaban J connectivity index is 2.24. The molecule has 0 atom stereocenters. The first kappa shape index (κ1) is 25.1. The van der Waals surface area contributed by atoms with Crippen molar-refractivity contribution in [2.24, 2.45) is 5.92 Å². The summed E-state index contributed by atoms with van der Waals surface area (Å²) in [5.74, 6) is -0.344. The molecule has 0 saturated heterocycles. The second-order valence-electron chi connectivity index (χ2n) is 10.2. The van der Waals surface area contributed by atoms with Gasteiger partial charge in [0.25, 0.3) is 10.1 Å². The van der Waals surface area contributed by atoms with Gasteiger partial charge in [-0.05, 0) is 72.8 Å². The van der Waals surface area contributed by atoms with E-state index in [9.17, 15) is 22.6 Å². The number of rotatable bonds is 4. The highest BCUT2D eigenvalue weighted by atomic mass is 32.2. The molecule has 2 amide bonds. The summed E-state index contributed by atoms with van der Waals surface area (Å²) in [6.45, 7) is 11.9. The Morgan fingerprint density at radius 2 is 1.42 bits per heavy atom. The SMILES string of the molecule is Cc1ccc(C2(S(=O)(=O)O)CC(CN(C(=O)OC(C)(C)C)C(=O)OC(C)(C)C)C2)cc1. The van der Waals surface area contributed by atoms with Crippen LogP contribution in [0.2, 0.25) is 0 Å². The van der Waals surface area contributed by atoms with E-state index in [-0.39, 0.29) is 25.3 Å². The maximum absolute atomic E-state index is 12.7. The minimum Gasteiger partial charge on any atom is -0.443 e. The van der Waals surface area contributed by atoms with Crippen LogP contribution in [0.5, 0.6) is 0 Å². The van der Waals surface area contributed by atoms with Crippen molar-refractivity contribution in [2.75, 3.05) is 6.54 Å². The van der Waals surface area contributed by atoms with E-state index < -0.39 is 38.3 Å². The Hall–Kier alpha value is -2.13. The maximum atomic E-state index is 12.7. The zero-order chi connectivity index (χ0) is 23.8. The molecule has 1 N–H and O–H groups in total. The molecule has 0 aromatic heterocycles. The van der Waals surface area contributed by atoms with E-state index >= 15 is 0 Å². The molecule has 1 fully saturated rings. The Morgan fingerprint density at radius 3 is 1.77 bits per heavy atom. The summed E-state index contributed by atoms with van der Waals surface area (Å²) in [4.78, 5) is 26.2. The van der Waals surface area contributed by atoms with Crippen molar-refractivity contribution >= 4 is 22.3 Å². The Labute approximate surface area is 184 Å². The van der Waals surface area contributed by atoms with Gasteiger partial charge in [0.2, 0.25) is 0 Å². The van der Waals surface area contributed by atoms with Gasteiger partial charge in [-0.2, -0.15) is 8.42 Å². The van der Waals surface area contributed by atoms with Crippen LogP contribution in [0.3, 0.4) is 0 Å². The quantitative estimate of drug-likeness (QED) is 0.657. The van der Waals surface area contributed by atoms with Gasteiger partial charge in [0.1, 0.15) is 15.9 Å². The highest BCUT2D eigenvalue weighted by Gasteiger charge is 2.55. The first-order valence-corrected chi connectivity index (χ1v) is 11.7. The van der Waals surface area contributed by atoms with Crippen LogP contribution in [0.25, 0.3) is 0 Å². The van der Waals surface area contributed by atoms with Gasteiger partial charge < -0.3 is 9.47 Å². The summed E-state index contributed by atoms with van der Waals surface area (Å²) in [6, 6.07) is 6.92. The number of amides is 2. The predicted molar refractivity (Wildman–Crippen MR) is 116 cm³/mol. The Bertz CT molecular complexity index is 890. The lowest BCUT2D eigenvalue weighted by Gasteiger charge is -2.46. The van der Waals surface area contributed by atoms with Gasteiger partial charge >= 0.3 is 12.2 Å². The number of ether oxygens (including phenoxy) is 2. The monoisotopic (exact) mass is 455 g/mol. The zero-order valence-electron chi connectivity index (χ0n) is 19.3. The fraction of sp³-hybridized carbons (Fsp3) is 0.636. The normalized spacial score (nSPS) is 21.7. The molecule has 0 aliphatic heterocycles. The molecule has 31 heavy (non-hydrogen) atoms. The van der Waals surface area contributed by atoms with Gasteiger partial charge in [0.05, 0.1) is 0 Å². The van der Waals surface area contributed by atoms with Crippen LogP contribution >= 0.6 is 0 Å². The summed E-state index contributed by atoms with van der Waals surface area (Å²) in [5.41, 5.74) is -0.197. The molecule has 174 valence electrons. The van der Waals surface area contributed by atoms with Crippen molar-refractivity contribution < 1.29 is 32.0 Å². The fourth-order valence-corrected chi connectivity index (χ4v) is 4.90. The molecule has 2 rings (SSSR count). The lowest BCUT2D eigenvalue weighted by Crippen LogP contribution is -2.53. The van der Waals surface area contributed by atoms with Crippen molar-refractivity contribution in [1.29, 1.82) is 0 Å². The average molecular weight is 456 g/mol. The summed E-state index contributed by atoms with van der Waals surface area (Å²) in [5, 5.41) is 0. The minimum absolute atomic E-state index is 0.0665. The number of carbonyl (C=O) groups excluding carboxylic acids is 2. The molecule has 1 aromatic carbocycles. The van der Waals surface area contributed by atoms with Crippen LogP contribution in [-0.4, -0.2) is 47.8 Å². The molecule has 0 bridgehead atoms. The smallest absolute Gasteiger partial charge is 0.419 e. The second-order valence-corrected chi connectivity index (χ2v) is 11.9. The van der Waals surface area contributed by atoms with Crippen molar-refractivity contribution in [1.82, 2.24) is 4.90 Å². The number of imide groups is 1. The molecule has 0 unspecified atom stereocenters. The second kappa shape index (κ2) is 8.43. The summed E-state index contributed by atoms with van der Waals surface area (Å²) in [6.07, 6.45) is -1.59. The first-order valence-electron chi connectivity index (χ1n) is 10.2. The number of hydrogen-bond donors (Lipinski definition) is 1. The minimum atomic E-state index is -4.41. The number of benzene rings is 1. The first-order chi connectivity index (χ1) is 13.9. The third kappa shape index (κ3) is 6.20. The van der Waals surface area contributed by atoms with E-state index in [0.717, 1.165) is 10.5 Å². The van der Waals surface area contributed by atoms with E-state index in [1.807, 2.05) is 6.92 Å². The zero-order valence-corrected chi connectivity index (χ0v) is 20.1. The van der Waals surface area contributed by atoms with Gasteiger partial charge in [0.15, 0.2) is 0 Å². The number of aryl methyl sites for hydroxylation is 1. The van der Waals surface area contributed by atoms with Gasteiger partial charge in [-0.25, -0.2) is 14.5 Å². The number of hydrogen-bond acceptors (Lipinski definition) is 6. The molecule has 0 heterocycles. The molecule has 0 radical (unpaired) electrons. The van der Waals surface area contributed by atoms with Crippen molar-refractivity contribution in [3.63, 3.8) is 0 Å². The molecule has 9 heteroatoms. The Morgan fingerprint density at radius 1 is 1.00 bits per heavy atom. The summed E-state index contributed by atoms with van der Waals surface area (Å²) < 4.78 is 43.7. The average Bonchev–Trinajstić information content (AvgIpc) is 2.50. The van der Waals surface area contributed by atoms with E-state index in [1.54, 1.807) is 65.8 Å². The highest BCUT2D eigenvalue weighted by molar-refractivity contribution is 7.86. The Kier molecular flexibility index (Phi) is 6.83. The van der Waals surface area contributed by atoms with Crippen LogP contribution in [-0.2, 0) is 24.3 Å². The molecule has 1 aromatic rings. The van der Waals surface area contributed by atoms with Gasteiger partial charge in [-0.15, -0.1) is 0 Å². The van der Waals surface area contributed by atoms with E-state index in [2.05, 4.69) is 0 Å². The van der Waals surface area contributed by atoms with Crippen molar-refractivity contribution in [2.45, 2.75) is 77.3 Å². The molecule has 1 saturated carbocycles. The standard InChI is InChI=1S/C22H33NO7S/c1-15-8-10-17(11-9-15)22(31(26,27)28)12-16(13-22)14-23(18(24)29-20(2,3)4)19(25)30-21(5,6)7/h8-11,16H,12-14H2,1-7H3,(H,26,27,28). The van der Waals surface area contributed by atoms with Crippen LogP contribution in [0.4, 0.5) is 9.59 Å². The lowest BCUT2D eigenvalue weighted by atomic mass is 9.70. The van der Waals surface area contributed by atoms with Crippen LogP contribution in [0, 0.1) is 12.8 Å². The van der Waals surface area contributed by atoms with Gasteiger partial charge in [0, 0.05) is 6.54 Å². The van der Waals surface area contributed by atoms with Crippen LogP contribution < -0.4 is 0 Å². The molecule has 0 spiro atoms. The maximum Gasteiger partial charge on any atom is 0.419 e. The molecule has 1 aliphatic rings. The summed E-state index contributed by atoms with van der Waals surface area (Å²) >= 11 is 0. The van der Waals surface area contributed by atoms with Gasteiger partial charge in [-0.1, -0.05) is 29.8 Å². The number of nitrogens with zero attached hydrogens (tertiary/aromatic N) is 1. The lowest BCUT2D eigenvalue weighted by molar-refractivity contribution is -0.00581. The van der Waals surface area contributed by atoms with Crippen LogP contribution in [0.15, 0.2) is 24.3 Å². The molecular formula is C22H33NO7S. The van der Waals surface area contributed by atoms with Crippen molar-refractivity contribution in [3.8, 4) is 0 Å². The fourth-order valence-electron chi connectivity index (χ4n) is 3.57. The number of carbonyl (C=O) groups is 2. The highest BCUT2D eigenvalue weighted by Crippen LogP contribution is 2.51. The van der Waals surface area contributed by atoms with Crippen LogP contribution in [0.1, 0.15) is 65.5 Å². The topological polar surface area (TPSA) is 110 Å². The molecule has 1 aliphatic carbocycles. The third-order valence-corrected chi connectivity index (χ3v) is 6.53. The van der Waals surface area contributed by atoms with E-state index in [0.29, 0.717) is 5.56 Å².